The Kier molecular flexibility index (Phi) is 4.47. The van der Waals surface area contributed by atoms with Gasteiger partial charge in [0, 0.05) is 11.7 Å². The number of nitrogens with one attached hydrogen (secondary N) is 1. The second-order valence-electron chi connectivity index (χ2n) is 4.94. The molecule has 1 aliphatic heterocycles. The molecule has 0 amide bonds. The quantitative estimate of drug-likeness (QED) is 0.627. The maximum absolute atomic E-state index is 12.2. The molecule has 0 radical (unpaired) electrons. The largest absolute Gasteiger partial charge is 0.394 e. The SMILES string of the molecule is O=c1[nH]c(=O)n(COCCO)c2c1C(c1ccccc1)CS2. The molecule has 1 unspecified atom stereocenters. The first-order valence-corrected chi connectivity index (χ1v) is 7.94. The number of fused-ring (bicyclic) bond motifs is 1. The number of aliphatic hydroxyl groups excluding tert-OH is 1. The molecule has 2 heterocycles. The lowest BCUT2D eigenvalue weighted by Crippen LogP contribution is -2.34. The van der Waals surface area contributed by atoms with Gasteiger partial charge in [-0.2, -0.15) is 0 Å². The molecule has 0 spiro atoms. The zero-order valence-corrected chi connectivity index (χ0v) is 12.6. The topological polar surface area (TPSA) is 84.3 Å². The third-order valence-electron chi connectivity index (χ3n) is 3.58. The van der Waals surface area contributed by atoms with Gasteiger partial charge in [0.25, 0.3) is 5.56 Å². The fraction of sp³-hybridized carbons (Fsp3) is 0.333. The Morgan fingerprint density at radius 2 is 2.09 bits per heavy atom. The number of nitrogens with zero attached hydrogens (tertiary/aromatic N) is 1. The van der Waals surface area contributed by atoms with Gasteiger partial charge in [-0.3, -0.25) is 14.3 Å². The Labute approximate surface area is 130 Å². The van der Waals surface area contributed by atoms with Crippen LogP contribution in [-0.4, -0.2) is 33.6 Å². The summed E-state index contributed by atoms with van der Waals surface area (Å²) in [7, 11) is 0. The number of aromatic nitrogens is 2. The Hall–Kier alpha value is -1.83. The van der Waals surface area contributed by atoms with E-state index in [0.29, 0.717) is 16.3 Å². The number of aliphatic hydroxyl groups is 1. The van der Waals surface area contributed by atoms with Gasteiger partial charge in [0.1, 0.15) is 6.73 Å². The molecule has 6 nitrogen and oxygen atoms in total. The summed E-state index contributed by atoms with van der Waals surface area (Å²) in [5.41, 5.74) is 0.851. The summed E-state index contributed by atoms with van der Waals surface area (Å²) in [5.74, 6) is 0.681. The number of aromatic amines is 1. The number of rotatable bonds is 5. The number of H-pyrrole nitrogens is 1. The molecule has 1 atom stereocenters. The van der Waals surface area contributed by atoms with Crippen molar-refractivity contribution in [2.75, 3.05) is 19.0 Å². The average molecular weight is 320 g/mol. The zero-order valence-electron chi connectivity index (χ0n) is 11.8. The summed E-state index contributed by atoms with van der Waals surface area (Å²) >= 11 is 1.48. The Morgan fingerprint density at radius 3 is 2.82 bits per heavy atom. The van der Waals surface area contributed by atoms with Crippen LogP contribution in [0.1, 0.15) is 17.0 Å². The van der Waals surface area contributed by atoms with Crippen LogP contribution in [0.25, 0.3) is 0 Å². The zero-order chi connectivity index (χ0) is 15.5. The molecule has 2 N–H and O–H groups in total. The molecular formula is C15H16N2O4S. The van der Waals surface area contributed by atoms with Crippen LogP contribution in [0.4, 0.5) is 0 Å². The summed E-state index contributed by atoms with van der Waals surface area (Å²) < 4.78 is 6.65. The summed E-state index contributed by atoms with van der Waals surface area (Å²) in [4.78, 5) is 26.6. The molecule has 2 aromatic rings. The highest BCUT2D eigenvalue weighted by Gasteiger charge is 2.30. The van der Waals surface area contributed by atoms with Crippen LogP contribution in [0.5, 0.6) is 0 Å². The van der Waals surface area contributed by atoms with Crippen molar-refractivity contribution >= 4 is 11.8 Å². The fourth-order valence-electron chi connectivity index (χ4n) is 2.56. The summed E-state index contributed by atoms with van der Waals surface area (Å²) in [6.07, 6.45) is 0. The molecule has 0 bridgehead atoms. The van der Waals surface area contributed by atoms with Crippen molar-refractivity contribution in [3.8, 4) is 0 Å². The molecule has 0 saturated heterocycles. The monoisotopic (exact) mass is 320 g/mol. The van der Waals surface area contributed by atoms with Crippen LogP contribution >= 0.6 is 11.8 Å². The minimum Gasteiger partial charge on any atom is -0.394 e. The van der Waals surface area contributed by atoms with Crippen molar-refractivity contribution in [1.82, 2.24) is 9.55 Å². The molecule has 3 rings (SSSR count). The number of ether oxygens (including phenoxy) is 1. The minimum atomic E-state index is -0.483. The summed E-state index contributed by atoms with van der Waals surface area (Å²) in [5, 5.41) is 9.42. The highest BCUT2D eigenvalue weighted by Crippen LogP contribution is 2.40. The molecule has 1 aliphatic rings. The highest BCUT2D eigenvalue weighted by atomic mass is 32.2. The molecule has 22 heavy (non-hydrogen) atoms. The van der Waals surface area contributed by atoms with Crippen molar-refractivity contribution in [1.29, 1.82) is 0 Å². The van der Waals surface area contributed by atoms with Crippen LogP contribution in [-0.2, 0) is 11.5 Å². The number of hydrogen-bond acceptors (Lipinski definition) is 5. The maximum atomic E-state index is 12.2. The van der Waals surface area contributed by atoms with Crippen molar-refractivity contribution < 1.29 is 9.84 Å². The van der Waals surface area contributed by atoms with Gasteiger partial charge in [0.15, 0.2) is 0 Å². The van der Waals surface area contributed by atoms with Crippen LogP contribution in [0.15, 0.2) is 44.9 Å². The number of hydrogen-bond donors (Lipinski definition) is 2. The van der Waals surface area contributed by atoms with E-state index in [1.807, 2.05) is 30.3 Å². The van der Waals surface area contributed by atoms with E-state index in [0.717, 1.165) is 5.56 Å². The predicted octanol–water partition coefficient (Wildman–Crippen LogP) is 0.741. The van der Waals surface area contributed by atoms with Crippen molar-refractivity contribution in [3.05, 3.63) is 62.3 Å². The molecule has 0 saturated carbocycles. The van der Waals surface area contributed by atoms with Crippen LogP contribution in [0.3, 0.4) is 0 Å². The lowest BCUT2D eigenvalue weighted by Gasteiger charge is -2.12. The minimum absolute atomic E-state index is 0.0208. The van der Waals surface area contributed by atoms with Crippen molar-refractivity contribution in [3.63, 3.8) is 0 Å². The van der Waals surface area contributed by atoms with Gasteiger partial charge in [0.2, 0.25) is 0 Å². The standard InChI is InChI=1S/C15H16N2O4S/c18-6-7-21-9-17-14-12(13(19)16-15(17)20)11(8-22-14)10-4-2-1-3-5-10/h1-5,11,18H,6-9H2,(H,16,19,20). The van der Waals surface area contributed by atoms with Crippen molar-refractivity contribution in [2.45, 2.75) is 17.7 Å². The predicted molar refractivity (Wildman–Crippen MR) is 83.4 cm³/mol. The van der Waals surface area contributed by atoms with Crippen LogP contribution < -0.4 is 11.2 Å². The van der Waals surface area contributed by atoms with E-state index in [9.17, 15) is 9.59 Å². The van der Waals surface area contributed by atoms with Gasteiger partial charge in [-0.15, -0.1) is 11.8 Å². The normalized spacial score (nSPS) is 16.7. The highest BCUT2D eigenvalue weighted by molar-refractivity contribution is 7.99. The first-order valence-electron chi connectivity index (χ1n) is 6.95. The van der Waals surface area contributed by atoms with E-state index in [-0.39, 0.29) is 31.4 Å². The van der Waals surface area contributed by atoms with E-state index < -0.39 is 5.69 Å². The fourth-order valence-corrected chi connectivity index (χ4v) is 3.93. The summed E-state index contributed by atoms with van der Waals surface area (Å²) in [6.45, 7) is 0.0558. The molecular weight excluding hydrogens is 304 g/mol. The first-order chi connectivity index (χ1) is 10.7. The van der Waals surface area contributed by atoms with E-state index in [1.165, 1.54) is 16.3 Å². The average Bonchev–Trinajstić information content (AvgIpc) is 2.97. The van der Waals surface area contributed by atoms with Gasteiger partial charge < -0.3 is 9.84 Å². The van der Waals surface area contributed by atoms with Gasteiger partial charge >= 0.3 is 5.69 Å². The first kappa shape index (κ1) is 15.1. The van der Waals surface area contributed by atoms with Crippen LogP contribution in [0, 0.1) is 0 Å². The Bertz CT molecular complexity index is 769. The van der Waals surface area contributed by atoms with E-state index >= 15 is 0 Å². The lowest BCUT2D eigenvalue weighted by atomic mass is 9.95. The second-order valence-corrected chi connectivity index (χ2v) is 5.95. The van der Waals surface area contributed by atoms with Gasteiger partial charge in [-0.05, 0) is 5.56 Å². The number of thioether (sulfide) groups is 1. The molecule has 1 aromatic carbocycles. The molecule has 7 heteroatoms. The van der Waals surface area contributed by atoms with E-state index in [4.69, 9.17) is 9.84 Å². The number of benzene rings is 1. The second kappa shape index (κ2) is 6.51. The summed E-state index contributed by atoms with van der Waals surface area (Å²) in [6, 6.07) is 9.77. The van der Waals surface area contributed by atoms with Gasteiger partial charge in [-0.1, -0.05) is 30.3 Å². The molecule has 0 aliphatic carbocycles. The smallest absolute Gasteiger partial charge is 0.331 e. The molecule has 0 fully saturated rings. The maximum Gasteiger partial charge on any atom is 0.331 e. The lowest BCUT2D eigenvalue weighted by molar-refractivity contribution is 0.0411. The van der Waals surface area contributed by atoms with Crippen molar-refractivity contribution in [2.24, 2.45) is 0 Å². The molecule has 1 aromatic heterocycles. The Balaban J connectivity index is 2.03. The van der Waals surface area contributed by atoms with Crippen LogP contribution in [0.2, 0.25) is 0 Å². The van der Waals surface area contributed by atoms with E-state index in [1.54, 1.807) is 0 Å². The van der Waals surface area contributed by atoms with E-state index in [2.05, 4.69) is 4.98 Å². The third-order valence-corrected chi connectivity index (χ3v) is 4.79. The Morgan fingerprint density at radius 1 is 1.32 bits per heavy atom. The third kappa shape index (κ3) is 2.75. The molecule has 116 valence electrons. The van der Waals surface area contributed by atoms with Gasteiger partial charge in [-0.25, -0.2) is 4.79 Å². The van der Waals surface area contributed by atoms with Gasteiger partial charge in [0.05, 0.1) is 23.8 Å².